The first-order valence-electron chi connectivity index (χ1n) is 23.5. The average molecular weight is 852 g/mol. The van der Waals surface area contributed by atoms with Crippen LogP contribution in [0.25, 0.3) is 104 Å². The van der Waals surface area contributed by atoms with Gasteiger partial charge in [-0.2, -0.15) is 0 Å². The molecule has 0 bridgehead atoms. The monoisotopic (exact) mass is 851 g/mol. The Morgan fingerprint density at radius 2 is 0.910 bits per heavy atom. The number of benzene rings is 12. The van der Waals surface area contributed by atoms with Gasteiger partial charge in [-0.1, -0.05) is 206 Å². The summed E-state index contributed by atoms with van der Waals surface area (Å²) >= 11 is 0. The highest BCUT2D eigenvalue weighted by molar-refractivity contribution is 6.32. The topological polar surface area (TPSA) is 3.24 Å². The number of hydrogen-bond acceptors (Lipinski definition) is 1. The van der Waals surface area contributed by atoms with Crippen molar-refractivity contribution in [1.29, 1.82) is 0 Å². The molecular weight excluding hydrogens is 807 g/mol. The molecule has 67 heavy (non-hydrogen) atoms. The SMILES string of the molecule is C1=CCCC(c2c(-c3ccccc3)cc(-c3ccccc3)c3c4ccccc4c4cc(N(c5ccc(-c6ccc7ccccc7c6)cc5)c5cc6ccccc6c6ccccc56)ccc4c23)=C1. The minimum atomic E-state index is 0.987. The molecule has 0 atom stereocenters. The summed E-state index contributed by atoms with van der Waals surface area (Å²) in [6.07, 6.45) is 8.91. The van der Waals surface area contributed by atoms with Crippen molar-refractivity contribution in [3.63, 3.8) is 0 Å². The fourth-order valence-electron chi connectivity index (χ4n) is 10.9. The van der Waals surface area contributed by atoms with Gasteiger partial charge in [-0.3, -0.25) is 0 Å². The smallest absolute Gasteiger partial charge is 0.0546 e. The van der Waals surface area contributed by atoms with Crippen molar-refractivity contribution < 1.29 is 0 Å². The molecule has 13 rings (SSSR count). The van der Waals surface area contributed by atoms with Crippen molar-refractivity contribution in [2.45, 2.75) is 12.8 Å². The maximum Gasteiger partial charge on any atom is 0.0546 e. The number of allylic oxidation sites excluding steroid dienone is 4. The summed E-state index contributed by atoms with van der Waals surface area (Å²) in [6, 6.07) is 85.5. The van der Waals surface area contributed by atoms with E-state index in [1.165, 1.54) is 109 Å². The molecule has 1 nitrogen and oxygen atoms in total. The van der Waals surface area contributed by atoms with Gasteiger partial charge < -0.3 is 4.90 Å². The highest BCUT2D eigenvalue weighted by Crippen LogP contribution is 2.50. The van der Waals surface area contributed by atoms with Crippen molar-refractivity contribution >= 4 is 87.3 Å². The quantitative estimate of drug-likeness (QED) is 0.144. The largest absolute Gasteiger partial charge is 0.310 e. The van der Waals surface area contributed by atoms with Gasteiger partial charge in [0.25, 0.3) is 0 Å². The lowest BCUT2D eigenvalue weighted by Crippen LogP contribution is -2.11. The summed E-state index contributed by atoms with van der Waals surface area (Å²) in [6.45, 7) is 0. The fraction of sp³-hybridized carbons (Fsp3) is 0.0303. The van der Waals surface area contributed by atoms with Crippen LogP contribution < -0.4 is 4.90 Å². The Kier molecular flexibility index (Phi) is 9.39. The van der Waals surface area contributed by atoms with E-state index in [9.17, 15) is 0 Å². The zero-order chi connectivity index (χ0) is 44.3. The van der Waals surface area contributed by atoms with Gasteiger partial charge in [0, 0.05) is 16.8 Å². The molecule has 12 aromatic rings. The second kappa shape index (κ2) is 16.2. The van der Waals surface area contributed by atoms with Crippen LogP contribution >= 0.6 is 0 Å². The van der Waals surface area contributed by atoms with Gasteiger partial charge in [-0.15, -0.1) is 0 Å². The van der Waals surface area contributed by atoms with E-state index >= 15 is 0 Å². The molecule has 1 heteroatoms. The van der Waals surface area contributed by atoms with E-state index < -0.39 is 0 Å². The summed E-state index contributed by atoms with van der Waals surface area (Å²) < 4.78 is 0. The number of rotatable bonds is 7. The van der Waals surface area contributed by atoms with Gasteiger partial charge in [-0.25, -0.2) is 0 Å². The van der Waals surface area contributed by atoms with Gasteiger partial charge in [0.05, 0.1) is 5.69 Å². The van der Waals surface area contributed by atoms with Crippen LogP contribution in [-0.4, -0.2) is 0 Å². The highest BCUT2D eigenvalue weighted by Gasteiger charge is 2.24. The molecular formula is C66H45N. The Morgan fingerprint density at radius 1 is 0.328 bits per heavy atom. The summed E-state index contributed by atoms with van der Waals surface area (Å²) in [4.78, 5) is 2.49. The van der Waals surface area contributed by atoms with E-state index in [1.807, 2.05) is 0 Å². The molecule has 0 spiro atoms. The predicted octanol–water partition coefficient (Wildman–Crippen LogP) is 18.8. The molecule has 0 fully saturated rings. The Balaban J connectivity index is 1.12. The number of anilines is 3. The first-order chi connectivity index (χ1) is 33.2. The third-order valence-corrected chi connectivity index (χ3v) is 14.0. The van der Waals surface area contributed by atoms with Gasteiger partial charge in [-0.05, 0) is 159 Å². The molecule has 1 aliphatic rings. The van der Waals surface area contributed by atoms with E-state index in [-0.39, 0.29) is 0 Å². The van der Waals surface area contributed by atoms with E-state index in [2.05, 4.69) is 254 Å². The molecule has 0 radical (unpaired) electrons. The molecule has 0 N–H and O–H groups in total. The van der Waals surface area contributed by atoms with Crippen molar-refractivity contribution in [1.82, 2.24) is 0 Å². The zero-order valence-electron chi connectivity index (χ0n) is 37.0. The third kappa shape index (κ3) is 6.62. The number of nitrogens with zero attached hydrogens (tertiary/aromatic N) is 1. The molecule has 0 heterocycles. The van der Waals surface area contributed by atoms with Crippen LogP contribution in [-0.2, 0) is 0 Å². The van der Waals surface area contributed by atoms with Crippen LogP contribution in [0.5, 0.6) is 0 Å². The van der Waals surface area contributed by atoms with Crippen LogP contribution in [0, 0.1) is 0 Å². The van der Waals surface area contributed by atoms with Crippen LogP contribution in [0.15, 0.2) is 249 Å². The third-order valence-electron chi connectivity index (χ3n) is 14.0. The van der Waals surface area contributed by atoms with E-state index in [1.54, 1.807) is 0 Å². The highest BCUT2D eigenvalue weighted by atomic mass is 15.1. The first-order valence-corrected chi connectivity index (χ1v) is 23.5. The van der Waals surface area contributed by atoms with Gasteiger partial charge in [0.15, 0.2) is 0 Å². The van der Waals surface area contributed by atoms with Crippen LogP contribution in [0.4, 0.5) is 17.1 Å². The van der Waals surface area contributed by atoms with E-state index in [0.717, 1.165) is 29.9 Å². The van der Waals surface area contributed by atoms with Crippen molar-refractivity contribution in [2.24, 2.45) is 0 Å². The van der Waals surface area contributed by atoms with Crippen LogP contribution in [0.2, 0.25) is 0 Å². The lowest BCUT2D eigenvalue weighted by molar-refractivity contribution is 1.06. The first kappa shape index (κ1) is 38.9. The second-order valence-electron chi connectivity index (χ2n) is 17.9. The maximum atomic E-state index is 2.49. The minimum absolute atomic E-state index is 0.987. The molecule has 0 saturated heterocycles. The number of hydrogen-bond donors (Lipinski definition) is 0. The summed E-state index contributed by atoms with van der Waals surface area (Å²) in [5, 5.41) is 15.0. The lowest BCUT2D eigenvalue weighted by atomic mass is 9.80. The molecule has 1 aliphatic carbocycles. The van der Waals surface area contributed by atoms with Crippen molar-refractivity contribution in [2.75, 3.05) is 4.90 Å². The Labute approximate surface area is 390 Å². The summed E-state index contributed by atoms with van der Waals surface area (Å²) in [7, 11) is 0. The maximum absolute atomic E-state index is 2.49. The molecule has 0 saturated carbocycles. The minimum Gasteiger partial charge on any atom is -0.310 e. The zero-order valence-corrected chi connectivity index (χ0v) is 37.0. The van der Waals surface area contributed by atoms with Gasteiger partial charge in [0.2, 0.25) is 0 Å². The molecule has 0 unspecified atom stereocenters. The summed E-state index contributed by atoms with van der Waals surface area (Å²) in [5.74, 6) is 0. The molecule has 12 aromatic carbocycles. The Morgan fingerprint density at radius 3 is 1.64 bits per heavy atom. The van der Waals surface area contributed by atoms with Gasteiger partial charge >= 0.3 is 0 Å². The molecule has 0 aliphatic heterocycles. The Hall–Kier alpha value is -8.52. The van der Waals surface area contributed by atoms with Crippen molar-refractivity contribution in [3.05, 3.63) is 254 Å². The van der Waals surface area contributed by atoms with Gasteiger partial charge in [0.1, 0.15) is 0 Å². The number of fused-ring (bicyclic) bond motifs is 10. The molecule has 0 aromatic heterocycles. The normalized spacial score (nSPS) is 12.7. The average Bonchev–Trinajstić information content (AvgIpc) is 3.41. The van der Waals surface area contributed by atoms with Crippen LogP contribution in [0.1, 0.15) is 18.4 Å². The van der Waals surface area contributed by atoms with E-state index in [0.29, 0.717) is 0 Å². The lowest BCUT2D eigenvalue weighted by Gasteiger charge is -2.29. The second-order valence-corrected chi connectivity index (χ2v) is 17.9. The van der Waals surface area contributed by atoms with Crippen molar-refractivity contribution in [3.8, 4) is 33.4 Å². The Bertz CT molecular complexity index is 3950. The molecule has 0 amide bonds. The molecule has 314 valence electrons. The summed E-state index contributed by atoms with van der Waals surface area (Å²) in [5.41, 5.74) is 13.4. The van der Waals surface area contributed by atoms with E-state index in [4.69, 9.17) is 0 Å². The standard InChI is InChI=1S/C66H45N/c1-4-19-46(20-5-1)60-43-61(47-21-6-2-7-22-47)65-58-31-17-15-29-56(58)62-42-53(38-39-59(62)66(65)64(60)48-23-8-3-9-24-48)67(63-41-51-26-12-13-27-54(51)55-28-14-16-30-57(55)63)52-36-34-45(35-37-52)50-33-32-44-18-10-11-25-49(44)40-50/h1-8,10-23,25-43H,9,24H2. The fourth-order valence-corrected chi connectivity index (χ4v) is 10.9. The predicted molar refractivity (Wildman–Crippen MR) is 289 cm³/mol. The van der Waals surface area contributed by atoms with Crippen LogP contribution in [0.3, 0.4) is 0 Å².